The molecule has 0 saturated heterocycles. The van der Waals surface area contributed by atoms with Gasteiger partial charge in [0, 0.05) is 29.7 Å². The van der Waals surface area contributed by atoms with E-state index < -0.39 is 22.0 Å². The summed E-state index contributed by atoms with van der Waals surface area (Å²) in [5.74, 6) is -0.267. The summed E-state index contributed by atoms with van der Waals surface area (Å²) in [6, 6.07) is 15.9. The van der Waals surface area contributed by atoms with Crippen molar-refractivity contribution in [2.24, 2.45) is 17.8 Å². The van der Waals surface area contributed by atoms with E-state index in [1.165, 1.54) is 11.4 Å². The quantitative estimate of drug-likeness (QED) is 0.365. The molecule has 0 amide bonds. The number of sulfonamides is 1. The van der Waals surface area contributed by atoms with E-state index in [0.717, 1.165) is 28.6 Å². The first kappa shape index (κ1) is 23.5. The minimum atomic E-state index is -3.81. The van der Waals surface area contributed by atoms with Gasteiger partial charge in [-0.1, -0.05) is 30.4 Å². The summed E-state index contributed by atoms with van der Waals surface area (Å²) < 4.78 is 39.2. The van der Waals surface area contributed by atoms with Crippen LogP contribution in [0.25, 0.3) is 10.9 Å². The molecule has 0 spiro atoms. The molecule has 1 saturated carbocycles. The summed E-state index contributed by atoms with van der Waals surface area (Å²) in [5.41, 5.74) is 2.84. The third-order valence-corrected chi connectivity index (χ3v) is 9.01. The zero-order valence-electron chi connectivity index (χ0n) is 19.9. The van der Waals surface area contributed by atoms with Crippen molar-refractivity contribution in [2.45, 2.75) is 30.9 Å². The fourth-order valence-electron chi connectivity index (χ4n) is 5.45. The molecule has 182 valence electrons. The Morgan fingerprint density at radius 2 is 1.80 bits per heavy atom. The molecule has 2 aliphatic rings. The van der Waals surface area contributed by atoms with Crippen LogP contribution in [0.5, 0.6) is 5.75 Å². The smallest absolute Gasteiger partial charge is 0.310 e. The molecule has 0 N–H and O–H groups in total. The number of carbonyl (C=O) groups excluding carboxylic acids is 1. The van der Waals surface area contributed by atoms with Crippen LogP contribution in [-0.4, -0.2) is 43.9 Å². The number of allylic oxidation sites excluding steroid dienone is 1. The van der Waals surface area contributed by atoms with Crippen LogP contribution in [-0.2, 0) is 26.2 Å². The molecular formula is C27H28N2O5S. The molecule has 5 rings (SSSR count). The number of rotatable bonds is 7. The van der Waals surface area contributed by atoms with Crippen molar-refractivity contribution < 1.29 is 22.7 Å². The Labute approximate surface area is 205 Å². The summed E-state index contributed by atoms with van der Waals surface area (Å²) in [7, 11) is -0.917. The van der Waals surface area contributed by atoms with Gasteiger partial charge in [-0.15, -0.1) is 0 Å². The number of benzene rings is 2. The van der Waals surface area contributed by atoms with Gasteiger partial charge in [0.05, 0.1) is 23.4 Å². The molecule has 4 unspecified atom stereocenters. The van der Waals surface area contributed by atoms with Gasteiger partial charge in [0.25, 0.3) is 0 Å². The summed E-state index contributed by atoms with van der Waals surface area (Å²) >= 11 is 0. The van der Waals surface area contributed by atoms with Gasteiger partial charge < -0.3 is 9.47 Å². The van der Waals surface area contributed by atoms with Gasteiger partial charge in [0.15, 0.2) is 0 Å². The molecule has 8 heteroatoms. The molecule has 1 heterocycles. The SMILES string of the molecule is COC(=O)C1C2C=CC(C2)C1N(C)S(=O)(=O)c1ccc(OCc2cc(C)nc3ccccc23)cc1. The summed E-state index contributed by atoms with van der Waals surface area (Å²) in [6.07, 6.45) is 4.78. The molecule has 7 nitrogen and oxygen atoms in total. The number of hydrogen-bond donors (Lipinski definition) is 0. The molecule has 4 atom stereocenters. The van der Waals surface area contributed by atoms with Gasteiger partial charge in [0.1, 0.15) is 12.4 Å². The normalized spacial score (nSPS) is 23.2. The van der Waals surface area contributed by atoms with E-state index in [2.05, 4.69) is 4.98 Å². The van der Waals surface area contributed by atoms with Crippen molar-refractivity contribution in [1.29, 1.82) is 0 Å². The molecule has 2 aliphatic carbocycles. The van der Waals surface area contributed by atoms with Crippen molar-refractivity contribution >= 4 is 26.9 Å². The van der Waals surface area contributed by atoms with E-state index in [9.17, 15) is 13.2 Å². The number of methoxy groups -OCH3 is 1. The fraction of sp³-hybridized carbons (Fsp3) is 0.333. The van der Waals surface area contributed by atoms with E-state index >= 15 is 0 Å². The molecule has 0 radical (unpaired) electrons. The van der Waals surface area contributed by atoms with Crippen molar-refractivity contribution in [2.75, 3.05) is 14.2 Å². The number of fused-ring (bicyclic) bond motifs is 3. The van der Waals surface area contributed by atoms with Crippen LogP contribution in [0.1, 0.15) is 17.7 Å². The van der Waals surface area contributed by atoms with Gasteiger partial charge in [-0.2, -0.15) is 4.31 Å². The molecule has 1 fully saturated rings. The van der Waals surface area contributed by atoms with E-state index in [1.807, 2.05) is 49.4 Å². The lowest BCUT2D eigenvalue weighted by atomic mass is 9.89. The Bertz CT molecular complexity index is 1400. The van der Waals surface area contributed by atoms with E-state index in [1.54, 1.807) is 31.3 Å². The molecule has 0 aliphatic heterocycles. The van der Waals surface area contributed by atoms with Gasteiger partial charge in [-0.05, 0) is 61.6 Å². The highest BCUT2D eigenvalue weighted by atomic mass is 32.2. The Morgan fingerprint density at radius 1 is 1.09 bits per heavy atom. The predicted molar refractivity (Wildman–Crippen MR) is 132 cm³/mol. The molecular weight excluding hydrogens is 464 g/mol. The average Bonchev–Trinajstić information content (AvgIpc) is 3.48. The van der Waals surface area contributed by atoms with Gasteiger partial charge >= 0.3 is 5.97 Å². The highest BCUT2D eigenvalue weighted by molar-refractivity contribution is 7.89. The Hall–Kier alpha value is -3.23. The van der Waals surface area contributed by atoms with Crippen LogP contribution in [0, 0.1) is 24.7 Å². The van der Waals surface area contributed by atoms with Crippen LogP contribution in [0.2, 0.25) is 0 Å². The number of hydrogen-bond acceptors (Lipinski definition) is 6. The second-order valence-electron chi connectivity index (χ2n) is 9.21. The zero-order chi connectivity index (χ0) is 24.7. The van der Waals surface area contributed by atoms with E-state index in [-0.39, 0.29) is 22.7 Å². The number of carbonyl (C=O) groups is 1. The Morgan fingerprint density at radius 3 is 2.54 bits per heavy atom. The van der Waals surface area contributed by atoms with E-state index in [4.69, 9.17) is 9.47 Å². The van der Waals surface area contributed by atoms with Crippen molar-refractivity contribution in [3.8, 4) is 5.75 Å². The van der Waals surface area contributed by atoms with Crippen LogP contribution in [0.4, 0.5) is 0 Å². The maximum atomic E-state index is 13.4. The lowest BCUT2D eigenvalue weighted by molar-refractivity contribution is -0.147. The standard InChI is InChI=1S/C27H28N2O5S/c1-17-14-20(23-6-4-5-7-24(23)28-17)16-34-21-10-12-22(13-11-21)35(31,32)29(2)26-19-9-8-18(15-19)25(26)27(30)33-3/h4-14,18-19,25-26H,15-16H2,1-3H3. The van der Waals surface area contributed by atoms with Crippen LogP contribution in [0.15, 0.2) is 71.6 Å². The number of aryl methyl sites for hydroxylation is 1. The highest BCUT2D eigenvalue weighted by Gasteiger charge is 2.52. The van der Waals surface area contributed by atoms with Gasteiger partial charge in [-0.25, -0.2) is 8.42 Å². The summed E-state index contributed by atoms with van der Waals surface area (Å²) in [4.78, 5) is 17.1. The number of aromatic nitrogens is 1. The minimum absolute atomic E-state index is 0.00474. The minimum Gasteiger partial charge on any atom is -0.489 e. The van der Waals surface area contributed by atoms with Gasteiger partial charge in [-0.3, -0.25) is 9.78 Å². The third kappa shape index (κ3) is 4.21. The van der Waals surface area contributed by atoms with Crippen LogP contribution >= 0.6 is 0 Å². The number of ether oxygens (including phenoxy) is 2. The summed E-state index contributed by atoms with van der Waals surface area (Å²) in [5, 5.41) is 1.03. The molecule has 3 aromatic rings. The fourth-order valence-corrected chi connectivity index (χ4v) is 6.87. The first-order valence-electron chi connectivity index (χ1n) is 11.6. The maximum absolute atomic E-state index is 13.4. The lowest BCUT2D eigenvalue weighted by Crippen LogP contribution is -2.47. The number of para-hydroxylation sites is 1. The molecule has 2 bridgehead atoms. The second-order valence-corrected chi connectivity index (χ2v) is 11.2. The van der Waals surface area contributed by atoms with Crippen molar-refractivity contribution in [3.05, 3.63) is 78.0 Å². The van der Waals surface area contributed by atoms with Crippen molar-refractivity contribution in [1.82, 2.24) is 9.29 Å². The van der Waals surface area contributed by atoms with Gasteiger partial charge in [0.2, 0.25) is 10.0 Å². The number of pyridine rings is 1. The number of nitrogens with zero attached hydrogens (tertiary/aromatic N) is 2. The Kier molecular flexibility index (Phi) is 6.11. The number of esters is 1. The predicted octanol–water partition coefficient (Wildman–Crippen LogP) is 4.11. The van der Waals surface area contributed by atoms with E-state index in [0.29, 0.717) is 12.4 Å². The molecule has 2 aromatic carbocycles. The first-order chi connectivity index (χ1) is 16.8. The second kappa shape index (κ2) is 9.09. The van der Waals surface area contributed by atoms with Crippen LogP contribution < -0.4 is 4.74 Å². The van der Waals surface area contributed by atoms with Crippen molar-refractivity contribution in [3.63, 3.8) is 0 Å². The largest absolute Gasteiger partial charge is 0.489 e. The topological polar surface area (TPSA) is 85.8 Å². The Balaban J connectivity index is 1.33. The first-order valence-corrected chi connectivity index (χ1v) is 13.1. The summed E-state index contributed by atoms with van der Waals surface area (Å²) in [6.45, 7) is 2.29. The average molecular weight is 493 g/mol. The van der Waals surface area contributed by atoms with Crippen LogP contribution in [0.3, 0.4) is 0 Å². The monoisotopic (exact) mass is 492 g/mol. The lowest BCUT2D eigenvalue weighted by Gasteiger charge is -2.33. The molecule has 35 heavy (non-hydrogen) atoms. The maximum Gasteiger partial charge on any atom is 0.310 e. The molecule has 1 aromatic heterocycles. The highest BCUT2D eigenvalue weighted by Crippen LogP contribution is 2.47. The zero-order valence-corrected chi connectivity index (χ0v) is 20.7. The third-order valence-electron chi connectivity index (χ3n) is 7.14.